The number of nitrogens with one attached hydrogen (secondary N) is 2. The van der Waals surface area contributed by atoms with Gasteiger partial charge in [-0.2, -0.15) is 0 Å². The second kappa shape index (κ2) is 7.79. The van der Waals surface area contributed by atoms with Crippen LogP contribution in [-0.4, -0.2) is 63.5 Å². The van der Waals surface area contributed by atoms with Crippen LogP contribution in [0.2, 0.25) is 0 Å². The van der Waals surface area contributed by atoms with Crippen molar-refractivity contribution in [1.82, 2.24) is 10.6 Å². The molecule has 7 heteroatoms. The van der Waals surface area contributed by atoms with E-state index in [0.717, 1.165) is 19.4 Å². The van der Waals surface area contributed by atoms with Gasteiger partial charge in [-0.25, -0.2) is 4.79 Å². The third-order valence-corrected chi connectivity index (χ3v) is 4.35. The van der Waals surface area contributed by atoms with Crippen molar-refractivity contribution in [3.05, 3.63) is 0 Å². The molecule has 7 nitrogen and oxygen atoms in total. The van der Waals surface area contributed by atoms with Crippen molar-refractivity contribution in [2.24, 2.45) is 5.92 Å². The van der Waals surface area contributed by atoms with Gasteiger partial charge >= 0.3 is 6.09 Å². The van der Waals surface area contributed by atoms with Gasteiger partial charge in [0.15, 0.2) is 6.29 Å². The summed E-state index contributed by atoms with van der Waals surface area (Å²) in [5.41, 5.74) is -0.504. The highest BCUT2D eigenvalue weighted by Crippen LogP contribution is 2.38. The number of carbonyl (C=O) groups is 1. The smallest absolute Gasteiger partial charge is 0.407 e. The zero-order valence-corrected chi connectivity index (χ0v) is 14.8. The molecule has 0 aromatic rings. The maximum absolute atomic E-state index is 12.1. The topological polar surface area (TPSA) is 78.1 Å². The first-order valence-corrected chi connectivity index (χ1v) is 8.26. The van der Waals surface area contributed by atoms with E-state index in [4.69, 9.17) is 18.9 Å². The van der Waals surface area contributed by atoms with Gasteiger partial charge in [0, 0.05) is 33.3 Å². The third kappa shape index (κ3) is 4.79. The maximum atomic E-state index is 12.1. The van der Waals surface area contributed by atoms with E-state index in [9.17, 15) is 4.79 Å². The lowest BCUT2D eigenvalue weighted by Crippen LogP contribution is -2.73. The van der Waals surface area contributed by atoms with Crippen LogP contribution in [0.3, 0.4) is 0 Å². The van der Waals surface area contributed by atoms with Crippen LogP contribution in [-0.2, 0) is 18.9 Å². The van der Waals surface area contributed by atoms with E-state index in [-0.39, 0.29) is 30.6 Å². The lowest BCUT2D eigenvalue weighted by Gasteiger charge is -2.54. The molecule has 1 aliphatic heterocycles. The average Bonchev–Trinajstić information content (AvgIpc) is 2.48. The molecule has 2 rings (SSSR count). The van der Waals surface area contributed by atoms with E-state index in [1.165, 1.54) is 0 Å². The summed E-state index contributed by atoms with van der Waals surface area (Å²) < 4.78 is 21.6. The number of fused-ring (bicyclic) bond motifs is 1. The number of hydrogen-bond acceptors (Lipinski definition) is 6. The summed E-state index contributed by atoms with van der Waals surface area (Å²) in [6.45, 7) is 6.89. The Bertz CT molecular complexity index is 394. The second-order valence-electron chi connectivity index (χ2n) is 7.15. The summed E-state index contributed by atoms with van der Waals surface area (Å²) >= 11 is 0. The highest BCUT2D eigenvalue weighted by Gasteiger charge is 2.53. The van der Waals surface area contributed by atoms with Gasteiger partial charge < -0.3 is 29.6 Å². The highest BCUT2D eigenvalue weighted by molar-refractivity contribution is 5.68. The van der Waals surface area contributed by atoms with Crippen LogP contribution >= 0.6 is 0 Å². The Balaban J connectivity index is 1.92. The lowest BCUT2D eigenvalue weighted by molar-refractivity contribution is -0.141. The van der Waals surface area contributed by atoms with Crippen molar-refractivity contribution in [2.75, 3.05) is 27.4 Å². The molecule has 2 fully saturated rings. The molecule has 0 aromatic carbocycles. The summed E-state index contributed by atoms with van der Waals surface area (Å²) in [7, 11) is 3.21. The van der Waals surface area contributed by atoms with E-state index in [1.54, 1.807) is 14.2 Å². The first-order valence-electron chi connectivity index (χ1n) is 8.26. The maximum Gasteiger partial charge on any atom is 0.407 e. The van der Waals surface area contributed by atoms with Gasteiger partial charge in [-0.1, -0.05) is 0 Å². The molecular weight excluding hydrogens is 300 g/mol. The summed E-state index contributed by atoms with van der Waals surface area (Å²) in [5, 5.41) is 6.39. The molecule has 1 aliphatic carbocycles. The van der Waals surface area contributed by atoms with Crippen LogP contribution in [0, 0.1) is 5.92 Å². The molecular formula is C16H30N2O5. The van der Waals surface area contributed by atoms with Crippen molar-refractivity contribution < 1.29 is 23.7 Å². The molecule has 4 atom stereocenters. The summed E-state index contributed by atoms with van der Waals surface area (Å²) in [6.07, 6.45) is 1.51. The Morgan fingerprint density at radius 3 is 2.57 bits per heavy atom. The Morgan fingerprint density at radius 2 is 1.96 bits per heavy atom. The van der Waals surface area contributed by atoms with E-state index in [2.05, 4.69) is 10.6 Å². The molecule has 2 aliphatic rings. The van der Waals surface area contributed by atoms with Gasteiger partial charge in [0.2, 0.25) is 0 Å². The number of ether oxygens (including phenoxy) is 4. The predicted octanol–water partition coefficient (Wildman–Crippen LogP) is 1.27. The molecule has 4 unspecified atom stereocenters. The Labute approximate surface area is 138 Å². The van der Waals surface area contributed by atoms with Gasteiger partial charge in [0.05, 0.1) is 18.2 Å². The van der Waals surface area contributed by atoms with E-state index in [1.807, 2.05) is 20.8 Å². The van der Waals surface area contributed by atoms with Crippen molar-refractivity contribution in [3.8, 4) is 0 Å². The predicted molar refractivity (Wildman–Crippen MR) is 85.2 cm³/mol. The molecule has 1 heterocycles. The van der Waals surface area contributed by atoms with Gasteiger partial charge in [0.1, 0.15) is 5.60 Å². The van der Waals surface area contributed by atoms with Crippen molar-refractivity contribution >= 4 is 6.09 Å². The molecule has 0 bridgehead atoms. The number of amides is 1. The van der Waals surface area contributed by atoms with Crippen LogP contribution < -0.4 is 10.6 Å². The Hall–Kier alpha value is -0.890. The zero-order chi connectivity index (χ0) is 17.0. The molecule has 0 aromatic heterocycles. The number of rotatable bonds is 6. The van der Waals surface area contributed by atoms with Crippen LogP contribution in [0.4, 0.5) is 4.79 Å². The highest BCUT2D eigenvalue weighted by atomic mass is 16.7. The van der Waals surface area contributed by atoms with Gasteiger partial charge in [-0.05, 0) is 33.6 Å². The number of methoxy groups -OCH3 is 2. The minimum absolute atomic E-state index is 0.00418. The molecule has 2 N–H and O–H groups in total. The summed E-state index contributed by atoms with van der Waals surface area (Å²) in [6, 6.07) is 0.0464. The van der Waals surface area contributed by atoms with Crippen molar-refractivity contribution in [1.29, 1.82) is 0 Å². The Morgan fingerprint density at radius 1 is 1.26 bits per heavy atom. The molecule has 1 amide bonds. The second-order valence-corrected chi connectivity index (χ2v) is 7.15. The van der Waals surface area contributed by atoms with E-state index >= 15 is 0 Å². The molecule has 134 valence electrons. The molecule has 0 spiro atoms. The molecule has 0 radical (unpaired) electrons. The average molecular weight is 330 g/mol. The van der Waals surface area contributed by atoms with Gasteiger partial charge in [0.25, 0.3) is 0 Å². The molecule has 1 saturated carbocycles. The summed E-state index contributed by atoms with van der Waals surface area (Å²) in [5.74, 6) is 0.331. The minimum atomic E-state index is -0.504. The van der Waals surface area contributed by atoms with Gasteiger partial charge in [-0.15, -0.1) is 0 Å². The minimum Gasteiger partial charge on any atom is -0.444 e. The lowest BCUT2D eigenvalue weighted by atomic mass is 9.68. The first-order chi connectivity index (χ1) is 10.9. The summed E-state index contributed by atoms with van der Waals surface area (Å²) in [4.78, 5) is 12.1. The van der Waals surface area contributed by atoms with Crippen LogP contribution in [0.15, 0.2) is 0 Å². The zero-order valence-electron chi connectivity index (χ0n) is 14.8. The largest absolute Gasteiger partial charge is 0.444 e. The van der Waals surface area contributed by atoms with Crippen molar-refractivity contribution in [3.63, 3.8) is 0 Å². The van der Waals surface area contributed by atoms with Crippen molar-refractivity contribution in [2.45, 2.75) is 63.7 Å². The third-order valence-electron chi connectivity index (χ3n) is 4.35. The van der Waals surface area contributed by atoms with Crippen LogP contribution in [0.1, 0.15) is 33.6 Å². The number of alkyl carbamates (subject to hydrolysis) is 1. The first kappa shape index (κ1) is 18.4. The SMILES string of the molecule is COC(CNC1C(NC(=O)OC(C)(C)C)C2CCCOC21)OC. The normalized spacial score (nSPS) is 30.5. The fourth-order valence-corrected chi connectivity index (χ4v) is 3.28. The van der Waals surface area contributed by atoms with E-state index < -0.39 is 5.60 Å². The molecule has 23 heavy (non-hydrogen) atoms. The fraction of sp³-hybridized carbons (Fsp3) is 0.938. The van der Waals surface area contributed by atoms with Crippen LogP contribution in [0.25, 0.3) is 0 Å². The number of hydrogen-bond donors (Lipinski definition) is 2. The molecule has 1 saturated heterocycles. The Kier molecular flexibility index (Phi) is 6.25. The quantitative estimate of drug-likeness (QED) is 0.714. The standard InChI is InChI=1S/C16H30N2O5/c1-16(2,3)23-15(19)18-12-10-7-6-8-22-14(10)13(12)17-9-11(20-4)21-5/h10-14,17H,6-9H2,1-5H3,(H,18,19). The van der Waals surface area contributed by atoms with E-state index in [0.29, 0.717) is 12.5 Å². The fourth-order valence-electron chi connectivity index (χ4n) is 3.28. The van der Waals surface area contributed by atoms with Gasteiger partial charge in [-0.3, -0.25) is 0 Å². The monoisotopic (exact) mass is 330 g/mol. The van der Waals surface area contributed by atoms with Crippen LogP contribution in [0.5, 0.6) is 0 Å². The number of carbonyl (C=O) groups excluding carboxylic acids is 1.